The van der Waals surface area contributed by atoms with E-state index in [1.165, 1.54) is 0 Å². The summed E-state index contributed by atoms with van der Waals surface area (Å²) in [4.78, 5) is 10.7. The van der Waals surface area contributed by atoms with Gasteiger partial charge in [0.2, 0.25) is 0 Å². The van der Waals surface area contributed by atoms with Crippen molar-refractivity contribution in [3.05, 3.63) is 17.5 Å². The fourth-order valence-electron chi connectivity index (χ4n) is 0.983. The lowest BCUT2D eigenvalue weighted by atomic mass is 10.0. The monoisotopic (exact) mass is 207 g/mol. The third-order valence-corrected chi connectivity index (χ3v) is 1.84. The van der Waals surface area contributed by atoms with Gasteiger partial charge >= 0.3 is 6.18 Å². The first-order valence-electron chi connectivity index (χ1n) is 3.74. The molecule has 1 unspecified atom stereocenters. The van der Waals surface area contributed by atoms with Gasteiger partial charge in [-0.3, -0.25) is 9.89 Å². The van der Waals surface area contributed by atoms with E-state index in [2.05, 4.69) is 10.2 Å². The van der Waals surface area contributed by atoms with Crippen LogP contribution in [0.15, 0.2) is 6.20 Å². The van der Waals surface area contributed by atoms with E-state index in [0.29, 0.717) is 0 Å². The number of hydrogen-bond donors (Lipinski definition) is 2. The van der Waals surface area contributed by atoms with Gasteiger partial charge in [-0.25, -0.2) is 0 Å². The molecule has 0 saturated heterocycles. The van der Waals surface area contributed by atoms with Gasteiger partial charge in [0.15, 0.2) is 0 Å². The number of carbonyl (C=O) groups is 1. The largest absolute Gasteiger partial charge is 0.397 e. The van der Waals surface area contributed by atoms with Crippen molar-refractivity contribution < 1.29 is 18.0 Å². The Morgan fingerprint density at radius 2 is 2.21 bits per heavy atom. The van der Waals surface area contributed by atoms with Crippen LogP contribution >= 0.6 is 0 Å². The molecule has 0 spiro atoms. The molecule has 1 aromatic heterocycles. The number of alkyl halides is 3. The summed E-state index contributed by atoms with van der Waals surface area (Å²) >= 11 is 0. The zero-order chi connectivity index (χ0) is 10.9. The molecule has 1 atom stereocenters. The molecule has 0 radical (unpaired) electrons. The van der Waals surface area contributed by atoms with Gasteiger partial charge in [0.25, 0.3) is 5.91 Å². The molecule has 0 aromatic carbocycles. The van der Waals surface area contributed by atoms with Gasteiger partial charge in [0, 0.05) is 6.20 Å². The van der Waals surface area contributed by atoms with Gasteiger partial charge in [-0.05, 0) is 6.92 Å². The summed E-state index contributed by atoms with van der Waals surface area (Å²) in [5.74, 6) is -2.74. The molecule has 0 saturated carbocycles. The number of amides is 1. The number of primary amides is 1. The van der Waals surface area contributed by atoms with Crippen molar-refractivity contribution in [1.29, 1.82) is 0 Å². The fourth-order valence-corrected chi connectivity index (χ4v) is 0.983. The Bertz CT molecular complexity index is 344. The molecule has 1 amide bonds. The molecule has 0 aliphatic carbocycles. The number of halogens is 3. The highest BCUT2D eigenvalue weighted by Gasteiger charge is 2.40. The first-order valence-corrected chi connectivity index (χ1v) is 3.74. The van der Waals surface area contributed by atoms with E-state index in [4.69, 9.17) is 5.73 Å². The van der Waals surface area contributed by atoms with Gasteiger partial charge in [-0.1, -0.05) is 0 Å². The van der Waals surface area contributed by atoms with Crippen molar-refractivity contribution in [3.8, 4) is 0 Å². The van der Waals surface area contributed by atoms with Crippen molar-refractivity contribution in [1.82, 2.24) is 10.2 Å². The predicted octanol–water partition coefficient (Wildman–Crippen LogP) is 1.17. The smallest absolute Gasteiger partial charge is 0.365 e. The Kier molecular flexibility index (Phi) is 2.50. The molecule has 0 fully saturated rings. The summed E-state index contributed by atoms with van der Waals surface area (Å²) in [7, 11) is 0. The van der Waals surface area contributed by atoms with Crippen LogP contribution in [0.1, 0.15) is 28.9 Å². The molecule has 0 aliphatic heterocycles. The van der Waals surface area contributed by atoms with Crippen molar-refractivity contribution >= 4 is 5.91 Å². The maximum atomic E-state index is 12.2. The van der Waals surface area contributed by atoms with Crippen LogP contribution in [-0.2, 0) is 0 Å². The number of nitrogens with zero attached hydrogens (tertiary/aromatic N) is 1. The average molecular weight is 207 g/mol. The summed E-state index contributed by atoms with van der Waals surface area (Å²) in [5.41, 5.74) is 4.28. The summed E-state index contributed by atoms with van der Waals surface area (Å²) < 4.78 is 36.7. The second-order valence-electron chi connectivity index (χ2n) is 2.81. The zero-order valence-electron chi connectivity index (χ0n) is 7.22. The maximum Gasteiger partial charge on any atom is 0.397 e. The third-order valence-electron chi connectivity index (χ3n) is 1.84. The number of aromatic amines is 1. The molecule has 0 bridgehead atoms. The number of H-pyrrole nitrogens is 1. The number of rotatable bonds is 2. The van der Waals surface area contributed by atoms with Crippen LogP contribution in [0, 0.1) is 0 Å². The Morgan fingerprint density at radius 3 is 2.64 bits per heavy atom. The van der Waals surface area contributed by atoms with Crippen LogP contribution in [0.3, 0.4) is 0 Å². The van der Waals surface area contributed by atoms with E-state index < -0.39 is 18.0 Å². The van der Waals surface area contributed by atoms with Crippen LogP contribution in [0.4, 0.5) is 13.2 Å². The van der Waals surface area contributed by atoms with Gasteiger partial charge in [0.05, 0.1) is 17.2 Å². The lowest BCUT2D eigenvalue weighted by molar-refractivity contribution is -0.147. The first kappa shape index (κ1) is 10.6. The fraction of sp³-hybridized carbons (Fsp3) is 0.429. The molecule has 4 nitrogen and oxygen atoms in total. The summed E-state index contributed by atoms with van der Waals surface area (Å²) in [5, 5.41) is 5.54. The van der Waals surface area contributed by atoms with E-state index >= 15 is 0 Å². The lowest BCUT2D eigenvalue weighted by Gasteiger charge is -2.13. The van der Waals surface area contributed by atoms with Crippen molar-refractivity contribution in [2.75, 3.05) is 0 Å². The van der Waals surface area contributed by atoms with Gasteiger partial charge in [-0.2, -0.15) is 18.3 Å². The molecular weight excluding hydrogens is 199 g/mol. The number of carbonyl (C=O) groups excluding carboxylic acids is 1. The first-order chi connectivity index (χ1) is 6.34. The minimum Gasteiger partial charge on any atom is -0.365 e. The van der Waals surface area contributed by atoms with Gasteiger partial charge < -0.3 is 5.73 Å². The van der Waals surface area contributed by atoms with E-state index in [9.17, 15) is 18.0 Å². The van der Waals surface area contributed by atoms with E-state index in [0.717, 1.165) is 13.1 Å². The Hall–Kier alpha value is -1.53. The minimum atomic E-state index is -4.43. The molecule has 1 heterocycles. The highest BCUT2D eigenvalue weighted by molar-refractivity contribution is 5.93. The van der Waals surface area contributed by atoms with Crippen LogP contribution in [0.25, 0.3) is 0 Å². The topological polar surface area (TPSA) is 71.8 Å². The molecule has 1 rings (SSSR count). The standard InChI is InChI=1S/C7H8F3N3O/c1-3(7(8,9)10)5-4(6(11)14)2-12-13-5/h2-3H,1H3,(H2,11,14)(H,12,13). The summed E-state index contributed by atoms with van der Waals surface area (Å²) in [6.45, 7) is 0.919. The number of nitrogens with one attached hydrogen (secondary N) is 1. The van der Waals surface area contributed by atoms with Gasteiger partial charge in [-0.15, -0.1) is 0 Å². The van der Waals surface area contributed by atoms with Crippen molar-refractivity contribution in [3.63, 3.8) is 0 Å². The van der Waals surface area contributed by atoms with Crippen molar-refractivity contribution in [2.24, 2.45) is 5.73 Å². The predicted molar refractivity (Wildman–Crippen MR) is 41.6 cm³/mol. The normalized spacial score (nSPS) is 14.0. The number of aromatic nitrogens is 2. The Balaban J connectivity index is 3.07. The second-order valence-corrected chi connectivity index (χ2v) is 2.81. The molecule has 7 heteroatoms. The quantitative estimate of drug-likeness (QED) is 0.764. The summed E-state index contributed by atoms with van der Waals surface area (Å²) in [6.07, 6.45) is -3.38. The van der Waals surface area contributed by atoms with Gasteiger partial charge in [0.1, 0.15) is 0 Å². The minimum absolute atomic E-state index is 0.227. The Labute approximate surface area is 77.3 Å². The second kappa shape index (κ2) is 3.32. The molecule has 1 aromatic rings. The van der Waals surface area contributed by atoms with Crippen LogP contribution in [-0.4, -0.2) is 22.3 Å². The average Bonchev–Trinajstić information content (AvgIpc) is 2.48. The molecule has 0 aliphatic rings. The number of hydrogen-bond acceptors (Lipinski definition) is 2. The van der Waals surface area contributed by atoms with Crippen LogP contribution < -0.4 is 5.73 Å². The van der Waals surface area contributed by atoms with Crippen LogP contribution in [0.2, 0.25) is 0 Å². The number of nitrogens with two attached hydrogens (primary N) is 1. The van der Waals surface area contributed by atoms with E-state index in [1.807, 2.05) is 0 Å². The van der Waals surface area contributed by atoms with Crippen LogP contribution in [0.5, 0.6) is 0 Å². The zero-order valence-corrected chi connectivity index (χ0v) is 7.22. The Morgan fingerprint density at radius 1 is 1.64 bits per heavy atom. The molecule has 14 heavy (non-hydrogen) atoms. The molecule has 3 N–H and O–H groups in total. The maximum absolute atomic E-state index is 12.2. The highest BCUT2D eigenvalue weighted by Crippen LogP contribution is 2.34. The molecule has 78 valence electrons. The lowest BCUT2D eigenvalue weighted by Crippen LogP contribution is -2.22. The molecular formula is C7H8F3N3O. The van der Waals surface area contributed by atoms with E-state index in [1.54, 1.807) is 0 Å². The third kappa shape index (κ3) is 1.86. The SMILES string of the molecule is CC(c1n[nH]cc1C(N)=O)C(F)(F)F. The summed E-state index contributed by atoms with van der Waals surface area (Å²) in [6, 6.07) is 0. The van der Waals surface area contributed by atoms with E-state index in [-0.39, 0.29) is 11.3 Å². The highest BCUT2D eigenvalue weighted by atomic mass is 19.4. The van der Waals surface area contributed by atoms with Crippen molar-refractivity contribution in [2.45, 2.75) is 19.0 Å².